The van der Waals surface area contributed by atoms with Gasteiger partial charge in [0.05, 0.1) is 23.9 Å². The van der Waals surface area contributed by atoms with E-state index in [0.717, 1.165) is 0 Å². The number of hydrogen-bond donors (Lipinski definition) is 0. The van der Waals surface area contributed by atoms with Crippen LogP contribution in [0.15, 0.2) is 12.4 Å². The fraction of sp³-hybridized carbons (Fsp3) is 0.625. The molecule has 1 aromatic rings. The maximum absolute atomic E-state index is 12.5. The second kappa shape index (κ2) is 7.18. The Bertz CT molecular complexity index is 787. The highest BCUT2D eigenvalue weighted by molar-refractivity contribution is 7.91. The van der Waals surface area contributed by atoms with Crippen LogP contribution in [0, 0.1) is 0 Å². The Kier molecular flexibility index (Phi) is 5.12. The van der Waals surface area contributed by atoms with Crippen LogP contribution in [0.1, 0.15) is 23.8 Å². The van der Waals surface area contributed by atoms with E-state index < -0.39 is 9.84 Å². The van der Waals surface area contributed by atoms with Gasteiger partial charge in [-0.25, -0.2) is 18.4 Å². The average Bonchev–Trinajstić information content (AvgIpc) is 3.00. The molecule has 0 spiro atoms. The number of sulfone groups is 1. The number of rotatable bonds is 3. The topological polar surface area (TPSA) is 104 Å². The van der Waals surface area contributed by atoms with Gasteiger partial charge in [-0.15, -0.1) is 0 Å². The van der Waals surface area contributed by atoms with Crippen molar-refractivity contribution in [3.8, 4) is 0 Å². The molecule has 1 atom stereocenters. The third-order valence-electron chi connectivity index (χ3n) is 4.98. The number of nitrogens with zero attached hydrogens (tertiary/aromatic N) is 5. The minimum Gasteiger partial charge on any atom is -0.352 e. The molecule has 1 aromatic heterocycles. The van der Waals surface area contributed by atoms with E-state index in [1.807, 2.05) is 4.90 Å². The summed E-state index contributed by atoms with van der Waals surface area (Å²) in [5.41, 5.74) is 0.197. The minimum atomic E-state index is -3.05. The number of carbonyl (C=O) groups is 2. The lowest BCUT2D eigenvalue weighted by atomic mass is 10.2. The van der Waals surface area contributed by atoms with Crippen molar-refractivity contribution >= 4 is 27.5 Å². The molecule has 142 valence electrons. The van der Waals surface area contributed by atoms with Gasteiger partial charge in [-0.2, -0.15) is 0 Å². The number of carbonyl (C=O) groups excluding carboxylic acids is 2. The summed E-state index contributed by atoms with van der Waals surface area (Å²) in [4.78, 5) is 37.7. The zero-order valence-corrected chi connectivity index (χ0v) is 15.8. The summed E-state index contributed by atoms with van der Waals surface area (Å²) in [5, 5.41) is 0. The summed E-state index contributed by atoms with van der Waals surface area (Å²) >= 11 is 0. The summed E-state index contributed by atoms with van der Waals surface area (Å²) in [6, 6.07) is -0.311. The lowest BCUT2D eigenvalue weighted by Gasteiger charge is -2.34. The predicted molar refractivity (Wildman–Crippen MR) is 95.7 cm³/mol. The summed E-state index contributed by atoms with van der Waals surface area (Å²) in [5.74, 6) is 0.518. The second-order valence-electron chi connectivity index (χ2n) is 6.73. The molecule has 1 unspecified atom stereocenters. The first-order valence-electron chi connectivity index (χ1n) is 8.57. The standard InChI is InChI=1S/C16H23N5O4S/c1-12(22)20-4-6-21(7-5-20)15-10-17-14(9-18-15)16(23)19(2)13-3-8-26(24,25)11-13/h9-10,13H,3-8,11H2,1-2H3. The monoisotopic (exact) mass is 381 g/mol. The molecule has 2 amide bonds. The molecule has 0 aliphatic carbocycles. The molecule has 10 heteroatoms. The minimum absolute atomic E-state index is 0.00117. The van der Waals surface area contributed by atoms with Crippen molar-refractivity contribution in [2.24, 2.45) is 0 Å². The predicted octanol–water partition coefficient (Wildman–Crippen LogP) is -0.596. The van der Waals surface area contributed by atoms with E-state index in [2.05, 4.69) is 9.97 Å². The molecule has 26 heavy (non-hydrogen) atoms. The van der Waals surface area contributed by atoms with Crippen molar-refractivity contribution in [1.82, 2.24) is 19.8 Å². The molecule has 2 aliphatic rings. The normalized spacial score (nSPS) is 22.3. The Hall–Kier alpha value is -2.23. The van der Waals surface area contributed by atoms with Crippen LogP contribution < -0.4 is 4.90 Å². The first-order chi connectivity index (χ1) is 12.3. The van der Waals surface area contributed by atoms with E-state index in [4.69, 9.17) is 0 Å². The van der Waals surface area contributed by atoms with Crippen LogP contribution in [-0.2, 0) is 14.6 Å². The molecule has 0 aromatic carbocycles. The highest BCUT2D eigenvalue weighted by Crippen LogP contribution is 2.19. The molecule has 0 N–H and O–H groups in total. The van der Waals surface area contributed by atoms with Crippen molar-refractivity contribution in [3.05, 3.63) is 18.1 Å². The zero-order chi connectivity index (χ0) is 18.9. The molecule has 0 bridgehead atoms. The molecule has 0 saturated carbocycles. The molecule has 2 fully saturated rings. The van der Waals surface area contributed by atoms with Gasteiger partial charge in [0.2, 0.25) is 5.91 Å². The van der Waals surface area contributed by atoms with Gasteiger partial charge >= 0.3 is 0 Å². The smallest absolute Gasteiger partial charge is 0.274 e. The van der Waals surface area contributed by atoms with E-state index in [-0.39, 0.29) is 35.1 Å². The third kappa shape index (κ3) is 3.95. The highest BCUT2D eigenvalue weighted by atomic mass is 32.2. The van der Waals surface area contributed by atoms with Gasteiger partial charge in [0.15, 0.2) is 9.84 Å². The van der Waals surface area contributed by atoms with Gasteiger partial charge in [-0.1, -0.05) is 0 Å². The Labute approximate surface area is 152 Å². The van der Waals surface area contributed by atoms with Crippen LogP contribution >= 0.6 is 0 Å². The van der Waals surface area contributed by atoms with Crippen molar-refractivity contribution in [1.29, 1.82) is 0 Å². The van der Waals surface area contributed by atoms with Gasteiger partial charge in [0.1, 0.15) is 11.5 Å². The Morgan fingerprint density at radius 1 is 1.15 bits per heavy atom. The first kappa shape index (κ1) is 18.6. The van der Waals surface area contributed by atoms with Crippen LogP contribution in [-0.4, -0.2) is 90.8 Å². The quantitative estimate of drug-likeness (QED) is 0.689. The molecule has 2 saturated heterocycles. The van der Waals surface area contributed by atoms with E-state index in [0.29, 0.717) is 38.4 Å². The zero-order valence-electron chi connectivity index (χ0n) is 15.0. The second-order valence-corrected chi connectivity index (χ2v) is 8.95. The van der Waals surface area contributed by atoms with E-state index in [1.165, 1.54) is 11.1 Å². The number of hydrogen-bond acceptors (Lipinski definition) is 7. The fourth-order valence-electron chi connectivity index (χ4n) is 3.27. The van der Waals surface area contributed by atoms with Crippen molar-refractivity contribution in [2.45, 2.75) is 19.4 Å². The highest BCUT2D eigenvalue weighted by Gasteiger charge is 2.33. The van der Waals surface area contributed by atoms with Crippen molar-refractivity contribution in [2.75, 3.05) is 49.6 Å². The average molecular weight is 381 g/mol. The lowest BCUT2D eigenvalue weighted by Crippen LogP contribution is -2.48. The van der Waals surface area contributed by atoms with Gasteiger partial charge in [0, 0.05) is 46.2 Å². The number of amides is 2. The number of aromatic nitrogens is 2. The molecular formula is C16H23N5O4S. The maximum Gasteiger partial charge on any atom is 0.274 e. The molecule has 3 rings (SSSR count). The van der Waals surface area contributed by atoms with E-state index in [9.17, 15) is 18.0 Å². The van der Waals surface area contributed by atoms with Crippen LogP contribution in [0.5, 0.6) is 0 Å². The Morgan fingerprint density at radius 2 is 1.85 bits per heavy atom. The molecule has 3 heterocycles. The summed E-state index contributed by atoms with van der Waals surface area (Å²) in [6.45, 7) is 4.16. The van der Waals surface area contributed by atoms with Crippen LogP contribution in [0.3, 0.4) is 0 Å². The molecule has 2 aliphatic heterocycles. The summed E-state index contributed by atoms with van der Waals surface area (Å²) in [6.07, 6.45) is 3.43. The van der Waals surface area contributed by atoms with Crippen LogP contribution in [0.2, 0.25) is 0 Å². The van der Waals surface area contributed by atoms with Gasteiger partial charge in [-0.3, -0.25) is 9.59 Å². The Balaban J connectivity index is 1.62. The molecule has 0 radical (unpaired) electrons. The van der Waals surface area contributed by atoms with Crippen LogP contribution in [0.25, 0.3) is 0 Å². The largest absolute Gasteiger partial charge is 0.352 e. The third-order valence-corrected chi connectivity index (χ3v) is 6.73. The first-order valence-corrected chi connectivity index (χ1v) is 10.4. The lowest BCUT2D eigenvalue weighted by molar-refractivity contribution is -0.129. The molecular weight excluding hydrogens is 358 g/mol. The van der Waals surface area contributed by atoms with Gasteiger partial charge < -0.3 is 14.7 Å². The number of anilines is 1. The SMILES string of the molecule is CC(=O)N1CCN(c2cnc(C(=O)N(C)C3CCS(=O)(=O)C3)cn2)CC1. The van der Waals surface area contributed by atoms with E-state index >= 15 is 0 Å². The molecule has 9 nitrogen and oxygen atoms in total. The fourth-order valence-corrected chi connectivity index (χ4v) is 5.05. The van der Waals surface area contributed by atoms with Gasteiger partial charge in [0.25, 0.3) is 5.91 Å². The van der Waals surface area contributed by atoms with E-state index in [1.54, 1.807) is 25.1 Å². The summed E-state index contributed by atoms with van der Waals surface area (Å²) < 4.78 is 23.2. The Morgan fingerprint density at radius 3 is 2.35 bits per heavy atom. The van der Waals surface area contributed by atoms with Crippen molar-refractivity contribution < 1.29 is 18.0 Å². The van der Waals surface area contributed by atoms with Crippen LogP contribution in [0.4, 0.5) is 5.82 Å². The summed E-state index contributed by atoms with van der Waals surface area (Å²) in [7, 11) is -1.45. The maximum atomic E-state index is 12.5. The van der Waals surface area contributed by atoms with Crippen molar-refractivity contribution in [3.63, 3.8) is 0 Å². The number of piperazine rings is 1. The van der Waals surface area contributed by atoms with Gasteiger partial charge in [-0.05, 0) is 6.42 Å².